The van der Waals surface area contributed by atoms with Crippen LogP contribution in [0.3, 0.4) is 0 Å². The van der Waals surface area contributed by atoms with Gasteiger partial charge in [-0.25, -0.2) is 4.98 Å². The van der Waals surface area contributed by atoms with Crippen molar-refractivity contribution in [3.8, 4) is 0 Å². The summed E-state index contributed by atoms with van der Waals surface area (Å²) in [5.74, 6) is 1.37. The maximum absolute atomic E-state index is 9.96. The van der Waals surface area contributed by atoms with Crippen LogP contribution in [0.5, 0.6) is 0 Å². The second-order valence-corrected chi connectivity index (χ2v) is 4.97. The second-order valence-electron chi connectivity index (χ2n) is 4.97. The Labute approximate surface area is 100 Å². The van der Waals surface area contributed by atoms with Crippen molar-refractivity contribution >= 4 is 11.1 Å². The van der Waals surface area contributed by atoms with E-state index >= 15 is 0 Å². The molecule has 1 unspecified atom stereocenters. The molecule has 0 radical (unpaired) electrons. The first-order valence-electron chi connectivity index (χ1n) is 6.34. The largest absolute Gasteiger partial charge is 0.441 e. The fraction of sp³-hybridized carbons (Fsp3) is 0.500. The van der Waals surface area contributed by atoms with E-state index in [1.165, 1.54) is 19.3 Å². The summed E-state index contributed by atoms with van der Waals surface area (Å²) in [6.07, 6.45) is 4.97. The fourth-order valence-electron chi connectivity index (χ4n) is 2.41. The van der Waals surface area contributed by atoms with E-state index in [4.69, 9.17) is 4.42 Å². The number of oxazole rings is 1. The van der Waals surface area contributed by atoms with Gasteiger partial charge in [-0.05, 0) is 24.5 Å². The lowest BCUT2D eigenvalue weighted by molar-refractivity contribution is 0.112. The molecule has 0 bridgehead atoms. The van der Waals surface area contributed by atoms with Crippen LogP contribution in [-0.4, -0.2) is 16.2 Å². The van der Waals surface area contributed by atoms with Crippen LogP contribution in [0, 0.1) is 5.92 Å². The number of hydrogen-bond donors (Lipinski definition) is 1. The van der Waals surface area contributed by atoms with Gasteiger partial charge in [0.15, 0.2) is 11.5 Å². The van der Waals surface area contributed by atoms with Crippen LogP contribution in [0.25, 0.3) is 11.1 Å². The molecule has 3 rings (SSSR count). The van der Waals surface area contributed by atoms with Crippen molar-refractivity contribution in [1.29, 1.82) is 0 Å². The number of aliphatic hydroxyl groups is 1. The zero-order chi connectivity index (χ0) is 11.7. The molecular formula is C14H17NO2. The van der Waals surface area contributed by atoms with Gasteiger partial charge in [0, 0.05) is 0 Å². The summed E-state index contributed by atoms with van der Waals surface area (Å²) in [4.78, 5) is 4.38. The molecule has 1 atom stereocenters. The number of rotatable bonds is 4. The first-order chi connectivity index (χ1) is 8.31. The lowest BCUT2D eigenvalue weighted by Crippen LogP contribution is -2.21. The molecule has 1 aromatic carbocycles. The van der Waals surface area contributed by atoms with Crippen molar-refractivity contribution in [2.45, 2.75) is 38.2 Å². The molecule has 1 aromatic heterocycles. The van der Waals surface area contributed by atoms with Crippen LogP contribution in [-0.2, 0) is 6.42 Å². The van der Waals surface area contributed by atoms with Crippen LogP contribution in [0.15, 0.2) is 28.7 Å². The van der Waals surface area contributed by atoms with Gasteiger partial charge in [0.1, 0.15) is 5.52 Å². The van der Waals surface area contributed by atoms with E-state index in [0.29, 0.717) is 12.3 Å². The Morgan fingerprint density at radius 1 is 1.35 bits per heavy atom. The summed E-state index contributed by atoms with van der Waals surface area (Å²) in [7, 11) is 0. The second kappa shape index (κ2) is 4.49. The summed E-state index contributed by atoms with van der Waals surface area (Å²) in [6.45, 7) is 0. The molecule has 1 aliphatic carbocycles. The van der Waals surface area contributed by atoms with Gasteiger partial charge >= 0.3 is 0 Å². The lowest BCUT2D eigenvalue weighted by Gasteiger charge is -2.27. The zero-order valence-electron chi connectivity index (χ0n) is 9.80. The SMILES string of the molecule is OC(Cc1nc2ccccc2o1)CC1CCC1. The Balaban J connectivity index is 1.66. The zero-order valence-corrected chi connectivity index (χ0v) is 9.80. The van der Waals surface area contributed by atoms with Gasteiger partial charge in [-0.3, -0.25) is 0 Å². The molecule has 1 saturated carbocycles. The molecule has 3 nitrogen and oxygen atoms in total. The van der Waals surface area contributed by atoms with Gasteiger partial charge in [0.2, 0.25) is 0 Å². The van der Waals surface area contributed by atoms with Crippen LogP contribution in [0.2, 0.25) is 0 Å². The third-order valence-corrected chi connectivity index (χ3v) is 3.58. The third kappa shape index (κ3) is 2.34. The van der Waals surface area contributed by atoms with E-state index < -0.39 is 0 Å². The Kier molecular flexibility index (Phi) is 2.85. The van der Waals surface area contributed by atoms with E-state index in [2.05, 4.69) is 4.98 Å². The highest BCUT2D eigenvalue weighted by Gasteiger charge is 2.22. The van der Waals surface area contributed by atoms with Gasteiger partial charge < -0.3 is 9.52 Å². The van der Waals surface area contributed by atoms with Crippen molar-refractivity contribution < 1.29 is 9.52 Å². The van der Waals surface area contributed by atoms with Crippen LogP contribution >= 0.6 is 0 Å². The van der Waals surface area contributed by atoms with Crippen molar-refractivity contribution in [2.75, 3.05) is 0 Å². The summed E-state index contributed by atoms with van der Waals surface area (Å²) < 4.78 is 5.60. The monoisotopic (exact) mass is 231 g/mol. The maximum atomic E-state index is 9.96. The Bertz CT molecular complexity index is 469. The molecule has 90 valence electrons. The summed E-state index contributed by atoms with van der Waals surface area (Å²) in [5.41, 5.74) is 1.68. The topological polar surface area (TPSA) is 46.3 Å². The number of benzene rings is 1. The van der Waals surface area contributed by atoms with Crippen molar-refractivity contribution in [2.24, 2.45) is 5.92 Å². The van der Waals surface area contributed by atoms with Crippen LogP contribution in [0.4, 0.5) is 0 Å². The molecular weight excluding hydrogens is 214 g/mol. The van der Waals surface area contributed by atoms with Crippen molar-refractivity contribution in [1.82, 2.24) is 4.98 Å². The van der Waals surface area contributed by atoms with E-state index in [-0.39, 0.29) is 6.10 Å². The summed E-state index contributed by atoms with van der Waals surface area (Å²) in [6, 6.07) is 7.71. The minimum Gasteiger partial charge on any atom is -0.441 e. The minimum absolute atomic E-state index is 0.312. The van der Waals surface area contributed by atoms with E-state index in [1.807, 2.05) is 24.3 Å². The molecule has 1 N–H and O–H groups in total. The van der Waals surface area contributed by atoms with Crippen molar-refractivity contribution in [3.05, 3.63) is 30.2 Å². The number of aromatic nitrogens is 1. The normalized spacial score (nSPS) is 18.2. The first kappa shape index (κ1) is 10.8. The maximum Gasteiger partial charge on any atom is 0.198 e. The lowest BCUT2D eigenvalue weighted by atomic mass is 9.81. The highest BCUT2D eigenvalue weighted by Crippen LogP contribution is 2.31. The first-order valence-corrected chi connectivity index (χ1v) is 6.34. The molecule has 1 aliphatic rings. The molecule has 0 spiro atoms. The summed E-state index contributed by atoms with van der Waals surface area (Å²) >= 11 is 0. The molecule has 1 heterocycles. The molecule has 0 saturated heterocycles. The van der Waals surface area contributed by atoms with Crippen LogP contribution < -0.4 is 0 Å². The molecule has 0 amide bonds. The molecule has 3 heteroatoms. The van der Waals surface area contributed by atoms with Gasteiger partial charge in [-0.15, -0.1) is 0 Å². The van der Waals surface area contributed by atoms with E-state index in [0.717, 1.165) is 23.4 Å². The highest BCUT2D eigenvalue weighted by molar-refractivity contribution is 5.72. The van der Waals surface area contributed by atoms with Gasteiger partial charge in [0.25, 0.3) is 0 Å². The number of para-hydroxylation sites is 2. The third-order valence-electron chi connectivity index (χ3n) is 3.58. The number of nitrogens with zero attached hydrogens (tertiary/aromatic N) is 1. The Morgan fingerprint density at radius 2 is 2.18 bits per heavy atom. The molecule has 17 heavy (non-hydrogen) atoms. The molecule has 0 aliphatic heterocycles. The number of hydrogen-bond acceptors (Lipinski definition) is 3. The summed E-state index contributed by atoms with van der Waals surface area (Å²) in [5, 5.41) is 9.96. The van der Waals surface area contributed by atoms with Gasteiger partial charge in [-0.2, -0.15) is 0 Å². The standard InChI is InChI=1S/C14H17NO2/c16-11(8-10-4-3-5-10)9-14-15-12-6-1-2-7-13(12)17-14/h1-2,6-7,10-11,16H,3-5,8-9H2. The fourth-order valence-corrected chi connectivity index (χ4v) is 2.41. The van der Waals surface area contributed by atoms with Crippen LogP contribution in [0.1, 0.15) is 31.6 Å². The van der Waals surface area contributed by atoms with Gasteiger partial charge in [0.05, 0.1) is 12.5 Å². The highest BCUT2D eigenvalue weighted by atomic mass is 16.4. The van der Waals surface area contributed by atoms with Crippen molar-refractivity contribution in [3.63, 3.8) is 0 Å². The Morgan fingerprint density at radius 3 is 2.88 bits per heavy atom. The predicted molar refractivity (Wildman–Crippen MR) is 65.7 cm³/mol. The smallest absolute Gasteiger partial charge is 0.198 e. The van der Waals surface area contributed by atoms with E-state index in [1.54, 1.807) is 0 Å². The molecule has 2 aromatic rings. The quantitative estimate of drug-likeness (QED) is 0.880. The number of aliphatic hydroxyl groups excluding tert-OH is 1. The molecule has 1 fully saturated rings. The minimum atomic E-state index is -0.312. The van der Waals surface area contributed by atoms with Gasteiger partial charge in [-0.1, -0.05) is 31.4 Å². The average molecular weight is 231 g/mol. The Hall–Kier alpha value is -1.35. The van der Waals surface area contributed by atoms with E-state index in [9.17, 15) is 5.11 Å². The average Bonchev–Trinajstić information content (AvgIpc) is 2.65. The number of fused-ring (bicyclic) bond motifs is 1. The predicted octanol–water partition coefficient (Wildman–Crippen LogP) is 2.92.